The molecule has 0 bridgehead atoms. The third-order valence-corrected chi connectivity index (χ3v) is 3.88. The highest BCUT2D eigenvalue weighted by molar-refractivity contribution is 7.80. The van der Waals surface area contributed by atoms with Crippen molar-refractivity contribution in [1.82, 2.24) is 0 Å². The molecule has 0 rings (SSSR count). The van der Waals surface area contributed by atoms with Crippen LogP contribution in [0.1, 0.15) is 13.3 Å². The lowest BCUT2D eigenvalue weighted by atomic mass is 10.2. The Hall–Kier alpha value is 0.0469. The largest absolute Gasteiger partial charge is 0.0950 e. The molecule has 0 spiro atoms. The van der Waals surface area contributed by atoms with Gasteiger partial charge in [0.25, 0.3) is 0 Å². The summed E-state index contributed by atoms with van der Waals surface area (Å²) in [4.78, 5) is 1.06. The van der Waals surface area contributed by atoms with E-state index in [4.69, 9.17) is 12.2 Å². The molecule has 11 heavy (non-hydrogen) atoms. The van der Waals surface area contributed by atoms with Gasteiger partial charge in [0.1, 0.15) is 0 Å². The molecule has 0 aromatic carbocycles. The van der Waals surface area contributed by atoms with Gasteiger partial charge in [-0.25, -0.2) is 0 Å². The van der Waals surface area contributed by atoms with Gasteiger partial charge in [0, 0.05) is 12.9 Å². The van der Waals surface area contributed by atoms with Crippen molar-refractivity contribution in [3.8, 4) is 0 Å². The first-order valence-corrected chi connectivity index (χ1v) is 8.13. The second kappa shape index (κ2) is 4.17. The van der Waals surface area contributed by atoms with E-state index in [1.165, 1.54) is 6.04 Å². The van der Waals surface area contributed by atoms with E-state index in [-0.39, 0.29) is 0 Å². The fourth-order valence-corrected chi connectivity index (χ4v) is 1.99. The molecule has 0 saturated heterocycles. The Balaban J connectivity index is 3.73. The van der Waals surface area contributed by atoms with Gasteiger partial charge in [0.15, 0.2) is 0 Å². The van der Waals surface area contributed by atoms with Gasteiger partial charge >= 0.3 is 0 Å². The Morgan fingerprint density at radius 1 is 1.36 bits per heavy atom. The van der Waals surface area contributed by atoms with Crippen molar-refractivity contribution in [2.45, 2.75) is 39.0 Å². The molecule has 0 N–H and O–H groups in total. The highest BCUT2D eigenvalue weighted by Crippen LogP contribution is 2.13. The fraction of sp³-hybridized carbons (Fsp3) is 0.667. The number of rotatable bonds is 4. The molecular formula is C9H18SSi. The van der Waals surface area contributed by atoms with Crippen LogP contribution < -0.4 is 0 Å². The van der Waals surface area contributed by atoms with Gasteiger partial charge < -0.3 is 0 Å². The topological polar surface area (TPSA) is 0 Å². The maximum atomic E-state index is 5.17. The summed E-state index contributed by atoms with van der Waals surface area (Å²) in [7, 11) is -0.894. The summed E-state index contributed by atoms with van der Waals surface area (Å²) >= 11 is 5.17. The fourth-order valence-electron chi connectivity index (χ4n) is 0.702. The van der Waals surface area contributed by atoms with Gasteiger partial charge in [-0.15, -0.1) is 0 Å². The highest BCUT2D eigenvalue weighted by Gasteiger charge is 2.13. The van der Waals surface area contributed by atoms with E-state index in [9.17, 15) is 0 Å². The molecule has 0 atom stereocenters. The third-order valence-electron chi connectivity index (χ3n) is 1.58. The Morgan fingerprint density at radius 3 is 2.09 bits per heavy atom. The van der Waals surface area contributed by atoms with Crippen LogP contribution in [0, 0.1) is 0 Å². The minimum atomic E-state index is -0.894. The van der Waals surface area contributed by atoms with Gasteiger partial charge in [-0.3, -0.25) is 0 Å². The Labute approximate surface area is 76.7 Å². The second-order valence-electron chi connectivity index (χ2n) is 4.26. The number of thiocarbonyl (C=S) groups is 1. The average molecular weight is 186 g/mol. The predicted octanol–water partition coefficient (Wildman–Crippen LogP) is 3.66. The van der Waals surface area contributed by atoms with Crippen LogP contribution >= 0.6 is 12.2 Å². The molecule has 0 radical (unpaired) electrons. The molecular weight excluding hydrogens is 168 g/mol. The van der Waals surface area contributed by atoms with Crippen LogP contribution in [0.15, 0.2) is 12.2 Å². The summed E-state index contributed by atoms with van der Waals surface area (Å²) < 4.78 is 0. The van der Waals surface area contributed by atoms with E-state index in [0.717, 1.165) is 16.9 Å². The van der Waals surface area contributed by atoms with Crippen molar-refractivity contribution in [1.29, 1.82) is 0 Å². The summed E-state index contributed by atoms with van der Waals surface area (Å²) in [5.74, 6) is 0. The van der Waals surface area contributed by atoms with Crippen molar-refractivity contribution >= 4 is 25.2 Å². The van der Waals surface area contributed by atoms with Crippen molar-refractivity contribution < 1.29 is 0 Å². The van der Waals surface area contributed by atoms with Gasteiger partial charge in [-0.2, -0.15) is 0 Å². The quantitative estimate of drug-likeness (QED) is 0.367. The lowest BCUT2D eigenvalue weighted by molar-refractivity contribution is 1.23. The molecule has 0 fully saturated rings. The minimum absolute atomic E-state index is 0.894. The van der Waals surface area contributed by atoms with Crippen LogP contribution in [-0.4, -0.2) is 12.9 Å². The van der Waals surface area contributed by atoms with Crippen LogP contribution in [-0.2, 0) is 0 Å². The minimum Gasteiger partial charge on any atom is -0.0950 e. The van der Waals surface area contributed by atoms with Gasteiger partial charge in [0.05, 0.1) is 0 Å². The van der Waals surface area contributed by atoms with Crippen LogP contribution in [0.2, 0.25) is 25.7 Å². The first kappa shape index (κ1) is 11.0. The SMILES string of the molecule is C=C(C)C(=S)CC[Si](C)(C)C. The molecule has 0 aliphatic carbocycles. The molecule has 0 aliphatic heterocycles. The molecule has 0 nitrogen and oxygen atoms in total. The molecule has 0 unspecified atom stereocenters. The van der Waals surface area contributed by atoms with Gasteiger partial charge in [0.2, 0.25) is 0 Å². The van der Waals surface area contributed by atoms with Crippen LogP contribution in [0.3, 0.4) is 0 Å². The van der Waals surface area contributed by atoms with Crippen molar-refractivity contribution in [3.63, 3.8) is 0 Å². The molecule has 64 valence electrons. The lowest BCUT2D eigenvalue weighted by Crippen LogP contribution is -2.20. The molecule has 0 heterocycles. The standard InChI is InChI=1S/C9H18SSi/c1-8(2)9(10)6-7-11(3,4)5/h1,6-7H2,2-5H3. The monoisotopic (exact) mass is 186 g/mol. The summed E-state index contributed by atoms with van der Waals surface area (Å²) in [5.41, 5.74) is 1.07. The number of hydrogen-bond acceptors (Lipinski definition) is 1. The smallest absolute Gasteiger partial charge is 0.0446 e. The number of hydrogen-bond donors (Lipinski definition) is 0. The maximum absolute atomic E-state index is 5.17. The zero-order chi connectivity index (χ0) is 9.07. The second-order valence-corrected chi connectivity index (χ2v) is 10.4. The summed E-state index contributed by atoms with van der Waals surface area (Å²) in [6, 6.07) is 1.29. The lowest BCUT2D eigenvalue weighted by Gasteiger charge is -2.15. The van der Waals surface area contributed by atoms with Crippen LogP contribution in [0.4, 0.5) is 0 Å². The predicted molar refractivity (Wildman–Crippen MR) is 60.2 cm³/mol. The van der Waals surface area contributed by atoms with E-state index in [0.29, 0.717) is 0 Å². The first-order valence-electron chi connectivity index (χ1n) is 4.01. The number of allylic oxidation sites excluding steroid dienone is 1. The summed E-state index contributed by atoms with van der Waals surface area (Å²) in [5, 5.41) is 0. The summed E-state index contributed by atoms with van der Waals surface area (Å²) in [6.45, 7) is 12.9. The molecule has 2 heteroatoms. The highest BCUT2D eigenvalue weighted by atomic mass is 32.1. The van der Waals surface area contributed by atoms with E-state index in [1.54, 1.807) is 0 Å². The van der Waals surface area contributed by atoms with Crippen LogP contribution in [0.5, 0.6) is 0 Å². The summed E-state index contributed by atoms with van der Waals surface area (Å²) in [6.07, 6.45) is 1.07. The third kappa shape index (κ3) is 6.45. The molecule has 0 aliphatic rings. The maximum Gasteiger partial charge on any atom is 0.0446 e. The van der Waals surface area contributed by atoms with Crippen molar-refractivity contribution in [3.05, 3.63) is 12.2 Å². The zero-order valence-electron chi connectivity index (χ0n) is 8.03. The van der Waals surface area contributed by atoms with Gasteiger partial charge in [-0.1, -0.05) is 44.5 Å². The van der Waals surface area contributed by atoms with E-state index < -0.39 is 8.07 Å². The normalized spacial score (nSPS) is 11.3. The molecule has 0 aromatic heterocycles. The van der Waals surface area contributed by atoms with E-state index in [1.807, 2.05) is 6.92 Å². The van der Waals surface area contributed by atoms with Crippen molar-refractivity contribution in [2.24, 2.45) is 0 Å². The van der Waals surface area contributed by atoms with Crippen LogP contribution in [0.25, 0.3) is 0 Å². The Morgan fingerprint density at radius 2 is 1.82 bits per heavy atom. The molecule has 0 amide bonds. The first-order chi connectivity index (χ1) is 4.83. The Bertz CT molecular complexity index is 165. The molecule has 0 saturated carbocycles. The van der Waals surface area contributed by atoms with Gasteiger partial charge in [-0.05, 0) is 18.9 Å². The average Bonchev–Trinajstić information content (AvgIpc) is 1.80. The van der Waals surface area contributed by atoms with E-state index >= 15 is 0 Å². The van der Waals surface area contributed by atoms with Crippen molar-refractivity contribution in [2.75, 3.05) is 0 Å². The zero-order valence-corrected chi connectivity index (χ0v) is 9.85. The van der Waals surface area contributed by atoms with E-state index in [2.05, 4.69) is 26.2 Å². The molecule has 0 aromatic rings. The Kier molecular flexibility index (Phi) is 4.19.